The highest BCUT2D eigenvalue weighted by atomic mass is 16.8. The van der Waals surface area contributed by atoms with Crippen molar-refractivity contribution in [3.05, 3.63) is 0 Å². The summed E-state index contributed by atoms with van der Waals surface area (Å²) >= 11 is 0. The van der Waals surface area contributed by atoms with Crippen molar-refractivity contribution >= 4 is 0 Å². The zero-order chi connectivity index (χ0) is 40.6. The zero-order valence-electron chi connectivity index (χ0n) is 29.2. The van der Waals surface area contributed by atoms with Gasteiger partial charge in [0.15, 0.2) is 31.5 Å². The largest absolute Gasteiger partial charge is 0.394 e. The number of aliphatic hydroxyl groups is 15. The number of rotatable bonds is 12. The van der Waals surface area contributed by atoms with E-state index in [-0.39, 0.29) is 0 Å². The van der Waals surface area contributed by atoms with Crippen molar-refractivity contribution in [3.63, 3.8) is 0 Å². The van der Waals surface area contributed by atoms with Crippen LogP contribution in [0.25, 0.3) is 0 Å². The lowest BCUT2D eigenvalue weighted by atomic mass is 9.94. The first-order chi connectivity index (χ1) is 26.0. The van der Waals surface area contributed by atoms with Gasteiger partial charge in [-0.25, -0.2) is 0 Å². The molecule has 0 spiro atoms. The maximum Gasteiger partial charge on any atom is 0.187 e. The molecule has 0 aromatic heterocycles. The monoisotopic (exact) mass is 811 g/mol. The minimum atomic E-state index is -2.04. The van der Waals surface area contributed by atoms with E-state index >= 15 is 0 Å². The van der Waals surface area contributed by atoms with Crippen LogP contribution < -0.4 is 5.73 Å². The van der Waals surface area contributed by atoms with E-state index in [0.717, 1.165) is 0 Å². The summed E-state index contributed by atoms with van der Waals surface area (Å²) in [6, 6.07) is -1.66. The molecule has 55 heavy (non-hydrogen) atoms. The maximum atomic E-state index is 11.3. The maximum absolute atomic E-state index is 11.3. The highest BCUT2D eigenvalue weighted by Crippen LogP contribution is 2.35. The number of ether oxygens (including phenoxy) is 9. The van der Waals surface area contributed by atoms with Crippen molar-refractivity contribution in [1.82, 2.24) is 0 Å². The van der Waals surface area contributed by atoms with Crippen molar-refractivity contribution in [3.8, 4) is 0 Å². The summed E-state index contributed by atoms with van der Waals surface area (Å²) in [4.78, 5) is 0. The summed E-state index contributed by atoms with van der Waals surface area (Å²) in [5.41, 5.74) is 6.42. The van der Waals surface area contributed by atoms with Gasteiger partial charge in [-0.3, -0.25) is 0 Å². The van der Waals surface area contributed by atoms with E-state index < -0.39 is 180 Å². The second-order valence-electron chi connectivity index (χ2n) is 14.0. The van der Waals surface area contributed by atoms with Crippen molar-refractivity contribution in [2.24, 2.45) is 5.73 Å². The Morgan fingerprint density at radius 2 is 0.836 bits per heavy atom. The van der Waals surface area contributed by atoms with Gasteiger partial charge < -0.3 is 125 Å². The van der Waals surface area contributed by atoms with E-state index in [2.05, 4.69) is 0 Å². The summed E-state index contributed by atoms with van der Waals surface area (Å²) < 4.78 is 50.3. The van der Waals surface area contributed by atoms with Gasteiger partial charge in [-0.1, -0.05) is 0 Å². The van der Waals surface area contributed by atoms with Crippen LogP contribution in [-0.2, 0) is 42.6 Å². The molecule has 16 unspecified atom stereocenters. The molecule has 0 aromatic rings. The van der Waals surface area contributed by atoms with Crippen molar-refractivity contribution < 1.29 is 119 Å². The molecular formula is C30H53NO24. The van der Waals surface area contributed by atoms with E-state index in [9.17, 15) is 76.6 Å². The Kier molecular flexibility index (Phi) is 15.5. The van der Waals surface area contributed by atoms with Gasteiger partial charge in [-0.05, 0) is 6.92 Å². The zero-order valence-corrected chi connectivity index (χ0v) is 29.2. The molecule has 5 aliphatic heterocycles. The Hall–Kier alpha value is -1.00. The average molecular weight is 812 g/mol. The predicted octanol–water partition coefficient (Wildman–Crippen LogP) is -10.9. The van der Waals surface area contributed by atoms with Crippen LogP contribution in [0.1, 0.15) is 6.92 Å². The fourth-order valence-electron chi connectivity index (χ4n) is 7.00. The first-order valence-corrected chi connectivity index (χ1v) is 17.6. The molecule has 5 heterocycles. The summed E-state index contributed by atoms with van der Waals surface area (Å²) in [5.74, 6) is 0. The lowest BCUT2D eigenvalue weighted by Crippen LogP contribution is -2.69. The van der Waals surface area contributed by atoms with Gasteiger partial charge in [0.25, 0.3) is 0 Å². The fraction of sp³-hybridized carbons (Fsp3) is 1.00. The fourth-order valence-corrected chi connectivity index (χ4v) is 7.00. The molecule has 5 aliphatic rings. The molecule has 0 bridgehead atoms. The third kappa shape index (κ3) is 9.11. The second-order valence-corrected chi connectivity index (χ2v) is 14.0. The van der Waals surface area contributed by atoms with Gasteiger partial charge in [-0.15, -0.1) is 0 Å². The van der Waals surface area contributed by atoms with Gasteiger partial charge in [0.2, 0.25) is 0 Å². The number of hydrogen-bond donors (Lipinski definition) is 16. The lowest BCUT2D eigenvalue weighted by molar-refractivity contribution is -0.389. The van der Waals surface area contributed by atoms with Crippen LogP contribution in [0.4, 0.5) is 0 Å². The third-order valence-corrected chi connectivity index (χ3v) is 10.4. The van der Waals surface area contributed by atoms with Gasteiger partial charge >= 0.3 is 0 Å². The summed E-state index contributed by atoms with van der Waals surface area (Å²) in [6.45, 7) is -2.19. The van der Waals surface area contributed by atoms with E-state index in [0.29, 0.717) is 0 Å². The van der Waals surface area contributed by atoms with Gasteiger partial charge in [0, 0.05) is 0 Å². The topological polar surface area (TPSA) is 413 Å². The number of aliphatic hydroxyl groups excluding tert-OH is 15. The minimum absolute atomic E-state index is 0.846. The highest BCUT2D eigenvalue weighted by Gasteiger charge is 2.56. The molecule has 322 valence electrons. The normalized spacial score (nSPS) is 53.9. The van der Waals surface area contributed by atoms with Crippen LogP contribution in [-0.4, -0.2) is 256 Å². The average Bonchev–Trinajstić information content (AvgIpc) is 3.17. The van der Waals surface area contributed by atoms with Crippen LogP contribution >= 0.6 is 0 Å². The first-order valence-electron chi connectivity index (χ1n) is 17.6. The molecule has 0 radical (unpaired) electrons. The second kappa shape index (κ2) is 18.9. The Bertz CT molecular complexity index is 1200. The Morgan fingerprint density at radius 3 is 1.44 bits per heavy atom. The van der Waals surface area contributed by atoms with Crippen LogP contribution in [0.2, 0.25) is 0 Å². The molecule has 5 rings (SSSR count). The molecule has 25 nitrogen and oxygen atoms in total. The van der Waals surface area contributed by atoms with Crippen molar-refractivity contribution in [2.75, 3.05) is 26.4 Å². The summed E-state index contributed by atoms with van der Waals surface area (Å²) in [6.07, 6.45) is -42.1. The SMILES string of the molecule is CC1O[C@@H](OC2C(O)[C@@H](O)C(CO)O[C@H]2OC2C(N)C(O[C@@H]3C(O)C(CO)O[C@@H](O[C@H]4C(CO)O[C@@H](O)C(O)C4O)C3O)OC(CO)[C@@H]2O)C(O)C(O)[C@H]1O. The van der Waals surface area contributed by atoms with Crippen LogP contribution in [0.3, 0.4) is 0 Å². The van der Waals surface area contributed by atoms with Crippen LogP contribution in [0.15, 0.2) is 0 Å². The van der Waals surface area contributed by atoms with E-state index in [1.165, 1.54) is 6.92 Å². The molecule has 5 saturated heterocycles. The van der Waals surface area contributed by atoms with Crippen molar-refractivity contribution in [1.29, 1.82) is 0 Å². The molecule has 25 heteroatoms. The smallest absolute Gasteiger partial charge is 0.187 e. The molecule has 0 aliphatic carbocycles. The number of nitrogens with two attached hydrogens (primary N) is 1. The molecule has 17 N–H and O–H groups in total. The van der Waals surface area contributed by atoms with E-state index in [4.69, 9.17) is 48.4 Å². The molecule has 5 fully saturated rings. The van der Waals surface area contributed by atoms with Gasteiger partial charge in [0.05, 0.1) is 38.6 Å². The molecule has 0 amide bonds. The van der Waals surface area contributed by atoms with E-state index in [1.807, 2.05) is 0 Å². The Balaban J connectivity index is 1.37. The highest BCUT2D eigenvalue weighted by molar-refractivity contribution is 4.99. The van der Waals surface area contributed by atoms with Crippen molar-refractivity contribution in [2.45, 2.75) is 160 Å². The standard InChI is InChI=1S/C30H53NO24/c1-6-12(36)16(40)20(44)28(47-6)55-25-17(41)13(37)7(2-32)51-30(25)53-23-11(31)27(49-8(3-33)14(23)38)54-24-15(39)9(4-34)50-29(21(24)45)52-22-10(5-35)48-26(46)19(43)18(22)42/h6-30,32-46H,2-5,31H2,1H3/t6?,7?,8?,9?,10?,11?,12-,13-,14-,15?,16?,17?,18?,19?,20?,21?,22-,23?,24+,25?,26+,27?,28-,29-,30-/m0/s1. The number of hydrogen-bond acceptors (Lipinski definition) is 25. The minimum Gasteiger partial charge on any atom is -0.394 e. The van der Waals surface area contributed by atoms with Gasteiger partial charge in [-0.2, -0.15) is 0 Å². The Labute approximate surface area is 312 Å². The van der Waals surface area contributed by atoms with Gasteiger partial charge in [0.1, 0.15) is 110 Å². The molecule has 0 aromatic carbocycles. The van der Waals surface area contributed by atoms with Crippen LogP contribution in [0.5, 0.6) is 0 Å². The molecular weight excluding hydrogens is 758 g/mol. The molecule has 0 saturated carbocycles. The van der Waals surface area contributed by atoms with E-state index in [1.54, 1.807) is 0 Å². The molecule has 25 atom stereocenters. The quantitative estimate of drug-likeness (QED) is 0.0870. The van der Waals surface area contributed by atoms with Crippen LogP contribution in [0, 0.1) is 0 Å². The first kappa shape index (κ1) is 45.1. The summed E-state index contributed by atoms with van der Waals surface area (Å²) in [7, 11) is 0. The third-order valence-electron chi connectivity index (χ3n) is 10.4. The summed E-state index contributed by atoms with van der Waals surface area (Å²) in [5, 5.41) is 156. The Morgan fingerprint density at radius 1 is 0.382 bits per heavy atom. The predicted molar refractivity (Wildman–Crippen MR) is 167 cm³/mol. The lowest BCUT2D eigenvalue weighted by Gasteiger charge is -2.50.